The van der Waals surface area contributed by atoms with E-state index in [1.807, 2.05) is 0 Å². The lowest BCUT2D eigenvalue weighted by Crippen LogP contribution is -2.55. The molecule has 0 saturated carbocycles. The molecule has 1 spiro atoms. The summed E-state index contributed by atoms with van der Waals surface area (Å²) in [5.41, 5.74) is -1.03. The maximum atomic E-state index is 15.0. The predicted octanol–water partition coefficient (Wildman–Crippen LogP) is 3.36. The summed E-state index contributed by atoms with van der Waals surface area (Å²) >= 11 is 6.25. The minimum absolute atomic E-state index is 0.0615. The SMILES string of the molecule is CON1CCC2(CC1)C(O)=C(c1c(Cl)ccc(C)c1F)C(=O)N2OC1CCCO1. The lowest BCUT2D eigenvalue weighted by molar-refractivity contribution is -0.291. The molecule has 158 valence electrons. The summed E-state index contributed by atoms with van der Waals surface area (Å²) in [5, 5.41) is 14.2. The third-order valence-electron chi connectivity index (χ3n) is 5.92. The number of aryl methyl sites for hydroxylation is 1. The van der Waals surface area contributed by atoms with Crippen LogP contribution in [0.5, 0.6) is 0 Å². The van der Waals surface area contributed by atoms with Crippen molar-refractivity contribution in [3.63, 3.8) is 0 Å². The Bertz CT molecular complexity index is 848. The van der Waals surface area contributed by atoms with Crippen molar-refractivity contribution in [3.05, 3.63) is 39.9 Å². The summed E-state index contributed by atoms with van der Waals surface area (Å²) in [7, 11) is 1.57. The molecule has 0 aromatic heterocycles. The van der Waals surface area contributed by atoms with E-state index in [4.69, 9.17) is 26.0 Å². The van der Waals surface area contributed by atoms with Gasteiger partial charge in [-0.05, 0) is 37.8 Å². The lowest BCUT2D eigenvalue weighted by Gasteiger charge is -2.43. The van der Waals surface area contributed by atoms with Gasteiger partial charge in [-0.2, -0.15) is 5.06 Å². The first-order valence-corrected chi connectivity index (χ1v) is 10.1. The maximum absolute atomic E-state index is 15.0. The first kappa shape index (κ1) is 20.6. The lowest BCUT2D eigenvalue weighted by atomic mass is 9.86. The summed E-state index contributed by atoms with van der Waals surface area (Å²) in [6.07, 6.45) is 1.60. The molecule has 29 heavy (non-hydrogen) atoms. The number of benzene rings is 1. The van der Waals surface area contributed by atoms with Crippen LogP contribution >= 0.6 is 11.6 Å². The Morgan fingerprint density at radius 2 is 2.07 bits per heavy atom. The zero-order chi connectivity index (χ0) is 20.8. The van der Waals surface area contributed by atoms with E-state index in [0.717, 1.165) is 6.42 Å². The summed E-state index contributed by atoms with van der Waals surface area (Å²) in [6, 6.07) is 3.05. The van der Waals surface area contributed by atoms with Crippen LogP contribution in [0.1, 0.15) is 36.8 Å². The molecule has 3 aliphatic heterocycles. The number of carbonyl (C=O) groups is 1. The number of carbonyl (C=O) groups excluding carboxylic acids is 1. The molecule has 7 nitrogen and oxygen atoms in total. The Balaban J connectivity index is 1.79. The fourth-order valence-electron chi connectivity index (χ4n) is 4.21. The number of aliphatic hydroxyl groups excluding tert-OH is 1. The molecule has 1 aromatic rings. The van der Waals surface area contributed by atoms with Crippen molar-refractivity contribution in [1.29, 1.82) is 0 Å². The second-order valence-corrected chi connectivity index (χ2v) is 7.97. The monoisotopic (exact) mass is 426 g/mol. The molecule has 2 saturated heterocycles. The molecule has 1 unspecified atom stereocenters. The van der Waals surface area contributed by atoms with Gasteiger partial charge in [-0.25, -0.2) is 14.3 Å². The second kappa shape index (κ2) is 7.85. The number of halogens is 2. The molecule has 3 heterocycles. The van der Waals surface area contributed by atoms with Crippen molar-refractivity contribution in [2.45, 2.75) is 44.4 Å². The third kappa shape index (κ3) is 3.33. The number of piperidine rings is 1. The van der Waals surface area contributed by atoms with Gasteiger partial charge in [-0.1, -0.05) is 17.7 Å². The Hall–Kier alpha value is -1.71. The van der Waals surface area contributed by atoms with Gasteiger partial charge in [0.25, 0.3) is 5.91 Å². The van der Waals surface area contributed by atoms with Crippen molar-refractivity contribution >= 4 is 23.1 Å². The van der Waals surface area contributed by atoms with Crippen LogP contribution in [0.3, 0.4) is 0 Å². The van der Waals surface area contributed by atoms with E-state index in [-0.39, 0.29) is 21.9 Å². The number of hydroxylamine groups is 4. The van der Waals surface area contributed by atoms with Crippen LogP contribution in [0.2, 0.25) is 5.02 Å². The Kier molecular flexibility index (Phi) is 5.56. The van der Waals surface area contributed by atoms with E-state index in [2.05, 4.69) is 0 Å². The number of rotatable bonds is 4. The number of hydrogen-bond donors (Lipinski definition) is 1. The summed E-state index contributed by atoms with van der Waals surface area (Å²) < 4.78 is 20.5. The molecule has 4 rings (SSSR count). The van der Waals surface area contributed by atoms with Gasteiger partial charge in [-0.15, -0.1) is 0 Å². The highest BCUT2D eigenvalue weighted by atomic mass is 35.5. The molecule has 0 radical (unpaired) electrons. The van der Waals surface area contributed by atoms with Crippen molar-refractivity contribution in [2.75, 3.05) is 26.8 Å². The van der Waals surface area contributed by atoms with Gasteiger partial charge in [0, 0.05) is 25.1 Å². The number of amides is 1. The van der Waals surface area contributed by atoms with E-state index in [0.29, 0.717) is 44.5 Å². The Labute approximate surface area is 173 Å². The minimum atomic E-state index is -1.12. The number of hydrogen-bond acceptors (Lipinski definition) is 6. The summed E-state index contributed by atoms with van der Waals surface area (Å²) in [6.45, 7) is 3.06. The minimum Gasteiger partial charge on any atom is -0.509 e. The normalized spacial score (nSPS) is 24.9. The predicted molar refractivity (Wildman–Crippen MR) is 103 cm³/mol. The van der Waals surface area contributed by atoms with Crippen LogP contribution < -0.4 is 0 Å². The Morgan fingerprint density at radius 3 is 2.69 bits per heavy atom. The van der Waals surface area contributed by atoms with Gasteiger partial charge in [0.15, 0.2) is 6.29 Å². The number of nitrogens with zero attached hydrogens (tertiary/aromatic N) is 2. The van der Waals surface area contributed by atoms with Crippen molar-refractivity contribution in [3.8, 4) is 0 Å². The molecule has 1 aromatic carbocycles. The highest BCUT2D eigenvalue weighted by molar-refractivity contribution is 6.35. The molecule has 2 fully saturated rings. The maximum Gasteiger partial charge on any atom is 0.282 e. The zero-order valence-corrected chi connectivity index (χ0v) is 17.2. The average Bonchev–Trinajstić information content (AvgIpc) is 3.30. The zero-order valence-electron chi connectivity index (χ0n) is 16.4. The molecule has 1 N–H and O–H groups in total. The van der Waals surface area contributed by atoms with E-state index in [9.17, 15) is 14.3 Å². The topological polar surface area (TPSA) is 71.5 Å². The van der Waals surface area contributed by atoms with E-state index in [1.54, 1.807) is 19.1 Å². The highest BCUT2D eigenvalue weighted by Crippen LogP contribution is 2.47. The van der Waals surface area contributed by atoms with E-state index >= 15 is 0 Å². The van der Waals surface area contributed by atoms with Crippen LogP contribution in [0.4, 0.5) is 4.39 Å². The highest BCUT2D eigenvalue weighted by Gasteiger charge is 2.56. The molecule has 3 aliphatic rings. The molecule has 1 atom stereocenters. The van der Waals surface area contributed by atoms with Crippen molar-refractivity contribution in [1.82, 2.24) is 10.1 Å². The van der Waals surface area contributed by atoms with Crippen LogP contribution in [0, 0.1) is 12.7 Å². The largest absolute Gasteiger partial charge is 0.509 e. The van der Waals surface area contributed by atoms with Crippen molar-refractivity contribution < 1.29 is 28.7 Å². The molecule has 9 heteroatoms. The quantitative estimate of drug-likeness (QED) is 0.796. The van der Waals surface area contributed by atoms with Crippen LogP contribution in [-0.2, 0) is 19.2 Å². The smallest absolute Gasteiger partial charge is 0.282 e. The van der Waals surface area contributed by atoms with Gasteiger partial charge in [-0.3, -0.25) is 4.79 Å². The molecule has 1 amide bonds. The molecule has 0 aliphatic carbocycles. The first-order valence-electron chi connectivity index (χ1n) is 9.69. The first-order chi connectivity index (χ1) is 13.9. The fraction of sp³-hybridized carbons (Fsp3) is 0.550. The van der Waals surface area contributed by atoms with E-state index in [1.165, 1.54) is 17.2 Å². The summed E-state index contributed by atoms with van der Waals surface area (Å²) in [4.78, 5) is 24.6. The van der Waals surface area contributed by atoms with Gasteiger partial charge >= 0.3 is 0 Å². The third-order valence-corrected chi connectivity index (χ3v) is 6.23. The second-order valence-electron chi connectivity index (χ2n) is 7.57. The van der Waals surface area contributed by atoms with E-state index < -0.39 is 23.6 Å². The summed E-state index contributed by atoms with van der Waals surface area (Å²) in [5.74, 6) is -1.46. The Morgan fingerprint density at radius 1 is 1.34 bits per heavy atom. The number of aliphatic hydroxyl groups is 1. The van der Waals surface area contributed by atoms with Gasteiger partial charge < -0.3 is 14.7 Å². The van der Waals surface area contributed by atoms with Gasteiger partial charge in [0.1, 0.15) is 17.1 Å². The van der Waals surface area contributed by atoms with Crippen molar-refractivity contribution in [2.24, 2.45) is 0 Å². The molecular formula is C20H24ClFN2O5. The fourth-order valence-corrected chi connectivity index (χ4v) is 4.45. The van der Waals surface area contributed by atoms with Crippen LogP contribution in [0.25, 0.3) is 5.57 Å². The van der Waals surface area contributed by atoms with Crippen LogP contribution in [0.15, 0.2) is 17.9 Å². The molecule has 0 bridgehead atoms. The average molecular weight is 427 g/mol. The standard InChI is InChI=1S/C20H24ClFN2O5/c1-12-5-6-13(21)15(17(12)22)16-18(25)20(7-9-23(27-2)10-8-20)24(19(16)26)29-14-4-3-11-28-14/h5-6,14,25H,3-4,7-11H2,1-2H3. The van der Waals surface area contributed by atoms with Gasteiger partial charge in [0.2, 0.25) is 0 Å². The van der Waals surface area contributed by atoms with Crippen LogP contribution in [-0.4, -0.2) is 59.8 Å². The molecular weight excluding hydrogens is 403 g/mol. The number of ether oxygens (including phenoxy) is 1. The van der Waals surface area contributed by atoms with Gasteiger partial charge in [0.05, 0.1) is 24.3 Å².